The van der Waals surface area contributed by atoms with Gasteiger partial charge in [-0.25, -0.2) is 9.18 Å². The minimum atomic E-state index is -0.352. The number of hydrogen-bond donors (Lipinski definition) is 0. The largest absolute Gasteiger partial charge is 0.494 e. The lowest BCUT2D eigenvalue weighted by Crippen LogP contribution is -2.31. The standard InChI is InChI=1S/C27H31FN4O3/c1-30(2)11-5-13-35-20-9-7-18(8-10-20)21-14-22-24(15-23(21)28)29-16-25-26(22)32(27(33)31(25)3)19-6-4-12-34-17-19/h7-10,14-16,19H,4-6,11-13,17H2,1-3H3/t19-/m0/s1. The second-order valence-corrected chi connectivity index (χ2v) is 9.45. The second kappa shape index (κ2) is 9.79. The Labute approximate surface area is 203 Å². The van der Waals surface area contributed by atoms with Gasteiger partial charge in [-0.2, -0.15) is 0 Å². The molecular formula is C27H31FN4O3. The van der Waals surface area contributed by atoms with Crippen molar-refractivity contribution in [1.82, 2.24) is 19.0 Å². The molecule has 3 heterocycles. The van der Waals surface area contributed by atoms with Crippen molar-refractivity contribution in [2.75, 3.05) is 40.5 Å². The number of aromatic nitrogens is 3. The Kier molecular flexibility index (Phi) is 6.58. The Morgan fingerprint density at radius 1 is 1.23 bits per heavy atom. The molecule has 0 bridgehead atoms. The van der Waals surface area contributed by atoms with Crippen LogP contribution < -0.4 is 10.4 Å². The first-order valence-electron chi connectivity index (χ1n) is 12.1. The zero-order valence-corrected chi connectivity index (χ0v) is 20.5. The number of benzene rings is 2. The van der Waals surface area contributed by atoms with Crippen LogP contribution in [0.3, 0.4) is 0 Å². The van der Waals surface area contributed by atoms with Gasteiger partial charge in [0, 0.05) is 37.2 Å². The van der Waals surface area contributed by atoms with Crippen molar-refractivity contribution in [3.63, 3.8) is 0 Å². The third kappa shape index (κ3) is 4.56. The van der Waals surface area contributed by atoms with Crippen molar-refractivity contribution in [3.8, 4) is 16.9 Å². The van der Waals surface area contributed by atoms with Gasteiger partial charge < -0.3 is 14.4 Å². The van der Waals surface area contributed by atoms with Gasteiger partial charge in [0.05, 0.1) is 42.0 Å². The Morgan fingerprint density at radius 3 is 2.74 bits per heavy atom. The molecule has 0 N–H and O–H groups in total. The summed E-state index contributed by atoms with van der Waals surface area (Å²) in [4.78, 5) is 19.8. The molecule has 2 aromatic heterocycles. The normalized spacial score (nSPS) is 16.4. The number of ether oxygens (including phenoxy) is 2. The number of nitrogens with zero attached hydrogens (tertiary/aromatic N) is 4. The van der Waals surface area contributed by atoms with Crippen molar-refractivity contribution < 1.29 is 13.9 Å². The second-order valence-electron chi connectivity index (χ2n) is 9.45. The van der Waals surface area contributed by atoms with Crippen LogP contribution in [0.1, 0.15) is 25.3 Å². The summed E-state index contributed by atoms with van der Waals surface area (Å²) in [5, 5.41) is 0.756. The molecule has 2 aromatic carbocycles. The first-order chi connectivity index (χ1) is 16.9. The van der Waals surface area contributed by atoms with E-state index >= 15 is 4.39 Å². The average molecular weight is 479 g/mol. The van der Waals surface area contributed by atoms with E-state index < -0.39 is 0 Å². The number of imidazole rings is 1. The third-order valence-corrected chi connectivity index (χ3v) is 6.69. The average Bonchev–Trinajstić information content (AvgIpc) is 3.12. The van der Waals surface area contributed by atoms with Crippen LogP contribution in [0.2, 0.25) is 0 Å². The van der Waals surface area contributed by atoms with Crippen molar-refractivity contribution in [3.05, 3.63) is 58.9 Å². The molecule has 0 saturated carbocycles. The lowest BCUT2D eigenvalue weighted by Gasteiger charge is -2.23. The maximum atomic E-state index is 15.2. The highest BCUT2D eigenvalue weighted by Gasteiger charge is 2.24. The van der Waals surface area contributed by atoms with E-state index in [1.807, 2.05) is 49.0 Å². The molecule has 4 aromatic rings. The summed E-state index contributed by atoms with van der Waals surface area (Å²) in [7, 11) is 5.82. The van der Waals surface area contributed by atoms with Gasteiger partial charge in [0.15, 0.2) is 0 Å². The molecule has 35 heavy (non-hydrogen) atoms. The van der Waals surface area contributed by atoms with Gasteiger partial charge in [0.2, 0.25) is 0 Å². The highest BCUT2D eigenvalue weighted by atomic mass is 19.1. The quantitative estimate of drug-likeness (QED) is 0.369. The number of aryl methyl sites for hydroxylation is 1. The van der Waals surface area contributed by atoms with E-state index in [-0.39, 0.29) is 17.5 Å². The molecule has 1 aliphatic heterocycles. The summed E-state index contributed by atoms with van der Waals surface area (Å²) in [5.41, 5.74) is 3.14. The number of halogens is 1. The molecule has 1 fully saturated rings. The topological polar surface area (TPSA) is 61.5 Å². The van der Waals surface area contributed by atoms with E-state index in [9.17, 15) is 4.79 Å². The van der Waals surface area contributed by atoms with E-state index in [1.54, 1.807) is 17.8 Å². The first-order valence-corrected chi connectivity index (χ1v) is 12.1. The Morgan fingerprint density at radius 2 is 2.03 bits per heavy atom. The molecule has 1 saturated heterocycles. The van der Waals surface area contributed by atoms with Crippen molar-refractivity contribution >= 4 is 21.9 Å². The Balaban J connectivity index is 1.55. The molecule has 8 heteroatoms. The SMILES string of the molecule is CN(C)CCCOc1ccc(-c2cc3c(cc2F)ncc2c3n([C@H]3CCCOC3)c(=O)n2C)cc1. The van der Waals surface area contributed by atoms with Crippen LogP contribution in [0.25, 0.3) is 33.1 Å². The maximum absolute atomic E-state index is 15.2. The number of fused-ring (bicyclic) bond motifs is 3. The summed E-state index contributed by atoms with van der Waals surface area (Å²) >= 11 is 0. The molecule has 1 aliphatic rings. The van der Waals surface area contributed by atoms with E-state index in [4.69, 9.17) is 9.47 Å². The number of hydrogen-bond acceptors (Lipinski definition) is 5. The zero-order chi connectivity index (χ0) is 24.5. The molecule has 5 rings (SSSR count). The minimum absolute atomic E-state index is 0.0528. The molecule has 0 aliphatic carbocycles. The lowest BCUT2D eigenvalue weighted by molar-refractivity contribution is 0.0593. The highest BCUT2D eigenvalue weighted by Crippen LogP contribution is 2.33. The fraction of sp³-hybridized carbons (Fsp3) is 0.407. The van der Waals surface area contributed by atoms with Crippen LogP contribution in [-0.2, 0) is 11.8 Å². The van der Waals surface area contributed by atoms with Gasteiger partial charge >= 0.3 is 5.69 Å². The third-order valence-electron chi connectivity index (χ3n) is 6.69. The number of pyridine rings is 1. The van der Waals surface area contributed by atoms with E-state index in [0.717, 1.165) is 53.5 Å². The lowest BCUT2D eigenvalue weighted by atomic mass is 10.0. The monoisotopic (exact) mass is 478 g/mol. The van der Waals surface area contributed by atoms with E-state index in [2.05, 4.69) is 9.88 Å². The molecule has 0 radical (unpaired) electrons. The smallest absolute Gasteiger partial charge is 0.329 e. The van der Waals surface area contributed by atoms with Crippen molar-refractivity contribution in [2.45, 2.75) is 25.3 Å². The van der Waals surface area contributed by atoms with Crippen LogP contribution in [-0.4, -0.2) is 59.5 Å². The maximum Gasteiger partial charge on any atom is 0.329 e. The molecule has 0 unspecified atom stereocenters. The van der Waals surface area contributed by atoms with Gasteiger partial charge in [-0.3, -0.25) is 14.1 Å². The summed E-state index contributed by atoms with van der Waals surface area (Å²) in [6.07, 6.45) is 4.36. The molecular weight excluding hydrogens is 447 g/mol. The van der Waals surface area contributed by atoms with Crippen LogP contribution in [0.15, 0.2) is 47.4 Å². The Hall–Kier alpha value is -3.23. The van der Waals surface area contributed by atoms with Gasteiger partial charge in [0.25, 0.3) is 0 Å². The predicted octanol–water partition coefficient (Wildman–Crippen LogP) is 4.38. The zero-order valence-electron chi connectivity index (χ0n) is 20.5. The minimum Gasteiger partial charge on any atom is -0.494 e. The first kappa shape index (κ1) is 23.5. The number of rotatable bonds is 7. The van der Waals surface area contributed by atoms with Gasteiger partial charge in [-0.15, -0.1) is 0 Å². The van der Waals surface area contributed by atoms with Crippen molar-refractivity contribution in [1.29, 1.82) is 0 Å². The predicted molar refractivity (Wildman–Crippen MR) is 136 cm³/mol. The molecule has 0 amide bonds. The summed E-state index contributed by atoms with van der Waals surface area (Å²) < 4.78 is 30.1. The van der Waals surface area contributed by atoms with Crippen LogP contribution in [0.4, 0.5) is 4.39 Å². The van der Waals surface area contributed by atoms with Crippen LogP contribution in [0.5, 0.6) is 5.75 Å². The van der Waals surface area contributed by atoms with Crippen LogP contribution >= 0.6 is 0 Å². The highest BCUT2D eigenvalue weighted by molar-refractivity contribution is 6.04. The van der Waals surface area contributed by atoms with E-state index in [0.29, 0.717) is 30.9 Å². The van der Waals surface area contributed by atoms with Crippen LogP contribution in [0, 0.1) is 5.82 Å². The van der Waals surface area contributed by atoms with Gasteiger partial charge in [-0.05, 0) is 57.1 Å². The molecule has 0 spiro atoms. The van der Waals surface area contributed by atoms with E-state index in [1.165, 1.54) is 6.07 Å². The molecule has 184 valence electrons. The summed E-state index contributed by atoms with van der Waals surface area (Å²) in [6, 6.07) is 10.7. The van der Waals surface area contributed by atoms with Gasteiger partial charge in [-0.1, -0.05) is 12.1 Å². The summed E-state index contributed by atoms with van der Waals surface area (Å²) in [5.74, 6) is 0.404. The summed E-state index contributed by atoms with van der Waals surface area (Å²) in [6.45, 7) is 2.79. The van der Waals surface area contributed by atoms with Gasteiger partial charge in [0.1, 0.15) is 11.6 Å². The Bertz CT molecular complexity index is 1400. The van der Waals surface area contributed by atoms with Crippen molar-refractivity contribution in [2.24, 2.45) is 7.05 Å². The molecule has 7 nitrogen and oxygen atoms in total. The molecule has 1 atom stereocenters. The fourth-order valence-corrected chi connectivity index (χ4v) is 4.84. The fourth-order valence-electron chi connectivity index (χ4n) is 4.84.